The molecule has 1 aliphatic rings. The predicted octanol–water partition coefficient (Wildman–Crippen LogP) is 13.6. The lowest BCUT2D eigenvalue weighted by Crippen LogP contribution is -2.10. The lowest BCUT2D eigenvalue weighted by molar-refractivity contribution is 0.672. The number of fused-ring (bicyclic) bond motifs is 7. The van der Waals surface area contributed by atoms with Gasteiger partial charge in [0, 0.05) is 38.8 Å². The molecule has 0 N–H and O–H groups in total. The van der Waals surface area contributed by atoms with Gasteiger partial charge in [0.25, 0.3) is 0 Å². The zero-order chi connectivity index (χ0) is 33.0. The van der Waals surface area contributed by atoms with Gasteiger partial charge < -0.3 is 9.32 Å². The molecule has 0 aliphatic heterocycles. The molecule has 0 radical (unpaired) electrons. The van der Waals surface area contributed by atoms with Crippen LogP contribution in [-0.2, 0) is 0 Å². The summed E-state index contributed by atoms with van der Waals surface area (Å²) < 4.78 is 6.82. The van der Waals surface area contributed by atoms with Gasteiger partial charge >= 0.3 is 0 Å². The zero-order valence-electron chi connectivity index (χ0n) is 27.5. The molecule has 0 amide bonds. The van der Waals surface area contributed by atoms with E-state index in [2.05, 4.69) is 187 Å². The summed E-state index contributed by atoms with van der Waals surface area (Å²) in [6.07, 6.45) is 5.53. The third-order valence-corrected chi connectivity index (χ3v) is 10.4. The summed E-state index contributed by atoms with van der Waals surface area (Å²) in [5.41, 5.74) is 11.6. The van der Waals surface area contributed by atoms with E-state index in [0.717, 1.165) is 50.8 Å². The Morgan fingerprint density at radius 1 is 0.500 bits per heavy atom. The van der Waals surface area contributed by atoms with Crippen molar-refractivity contribution in [3.8, 4) is 11.1 Å². The second-order valence-corrected chi connectivity index (χ2v) is 13.2. The summed E-state index contributed by atoms with van der Waals surface area (Å²) in [5, 5.41) is 7.03. The van der Waals surface area contributed by atoms with Crippen LogP contribution in [0, 0.1) is 0 Å². The van der Waals surface area contributed by atoms with Crippen LogP contribution in [0.3, 0.4) is 0 Å². The second-order valence-electron chi connectivity index (χ2n) is 13.2. The molecule has 2 nitrogen and oxygen atoms in total. The first-order valence-corrected chi connectivity index (χ1v) is 17.4. The molecule has 2 heteroatoms. The van der Waals surface area contributed by atoms with Gasteiger partial charge in [-0.2, -0.15) is 0 Å². The molecule has 0 fully saturated rings. The minimum Gasteiger partial charge on any atom is -0.455 e. The van der Waals surface area contributed by atoms with E-state index < -0.39 is 0 Å². The van der Waals surface area contributed by atoms with Gasteiger partial charge in [-0.05, 0) is 81.4 Å². The molecular formula is C48H33NO. The van der Waals surface area contributed by atoms with Gasteiger partial charge in [-0.25, -0.2) is 0 Å². The average Bonchev–Trinajstić information content (AvgIpc) is 3.58. The summed E-state index contributed by atoms with van der Waals surface area (Å²) in [7, 11) is 0. The Hall–Kier alpha value is -6.38. The van der Waals surface area contributed by atoms with Crippen molar-refractivity contribution >= 4 is 66.6 Å². The maximum Gasteiger partial charge on any atom is 0.143 e. The van der Waals surface area contributed by atoms with Crippen molar-refractivity contribution in [3.63, 3.8) is 0 Å². The number of benzene rings is 8. The third kappa shape index (κ3) is 4.64. The molecule has 10 rings (SSSR count). The topological polar surface area (TPSA) is 16.4 Å². The van der Waals surface area contributed by atoms with Crippen LogP contribution in [0.25, 0.3) is 60.7 Å². The van der Waals surface area contributed by atoms with E-state index in [1.807, 2.05) is 0 Å². The minimum absolute atomic E-state index is 0.248. The number of hydrogen-bond acceptors (Lipinski definition) is 2. The van der Waals surface area contributed by atoms with Crippen molar-refractivity contribution in [1.29, 1.82) is 0 Å². The van der Waals surface area contributed by atoms with Crippen LogP contribution in [0.5, 0.6) is 0 Å². The van der Waals surface area contributed by atoms with Crippen LogP contribution >= 0.6 is 0 Å². The molecule has 0 saturated heterocycles. The molecule has 1 unspecified atom stereocenters. The number of allylic oxidation sites excluding steroid dienone is 1. The third-order valence-electron chi connectivity index (χ3n) is 10.4. The first kappa shape index (κ1) is 28.6. The number of furan rings is 1. The smallest absolute Gasteiger partial charge is 0.143 e. The molecule has 236 valence electrons. The molecule has 9 aromatic rings. The number of anilines is 3. The summed E-state index contributed by atoms with van der Waals surface area (Å²) in [6, 6.07) is 61.4. The van der Waals surface area contributed by atoms with Crippen LogP contribution in [-0.4, -0.2) is 0 Å². The van der Waals surface area contributed by atoms with Crippen molar-refractivity contribution < 1.29 is 4.42 Å². The zero-order valence-corrected chi connectivity index (χ0v) is 27.5. The van der Waals surface area contributed by atoms with Gasteiger partial charge in [0.2, 0.25) is 0 Å². The first-order valence-electron chi connectivity index (χ1n) is 17.4. The van der Waals surface area contributed by atoms with Gasteiger partial charge in [0.1, 0.15) is 11.2 Å². The molecule has 8 aromatic carbocycles. The molecule has 1 atom stereocenters. The lowest BCUT2D eigenvalue weighted by atomic mass is 9.81. The van der Waals surface area contributed by atoms with E-state index in [0.29, 0.717) is 0 Å². The summed E-state index contributed by atoms with van der Waals surface area (Å²) in [4.78, 5) is 2.42. The van der Waals surface area contributed by atoms with Crippen LogP contribution in [0.15, 0.2) is 180 Å². The Kier molecular flexibility index (Phi) is 6.67. The molecule has 50 heavy (non-hydrogen) atoms. The fraction of sp³-hybridized carbons (Fsp3) is 0.0417. The summed E-state index contributed by atoms with van der Waals surface area (Å²) >= 11 is 0. The Bertz CT molecular complexity index is 2740. The van der Waals surface area contributed by atoms with Crippen LogP contribution in [0.2, 0.25) is 0 Å². The maximum absolute atomic E-state index is 6.82. The Balaban J connectivity index is 1.24. The lowest BCUT2D eigenvalue weighted by Gasteiger charge is -2.28. The largest absolute Gasteiger partial charge is 0.455 e. The number of nitrogens with zero attached hydrogens (tertiary/aromatic N) is 1. The molecular weight excluding hydrogens is 607 g/mol. The highest BCUT2D eigenvalue weighted by atomic mass is 16.3. The van der Waals surface area contributed by atoms with Crippen molar-refractivity contribution in [2.45, 2.75) is 12.3 Å². The number of rotatable bonds is 5. The average molecular weight is 640 g/mol. The summed E-state index contributed by atoms with van der Waals surface area (Å²) in [6.45, 7) is 0. The fourth-order valence-electron chi connectivity index (χ4n) is 8.04. The van der Waals surface area contributed by atoms with Gasteiger partial charge in [0.15, 0.2) is 0 Å². The van der Waals surface area contributed by atoms with Crippen molar-refractivity contribution in [2.75, 3.05) is 4.90 Å². The molecule has 1 heterocycles. The maximum atomic E-state index is 6.82. The molecule has 0 bridgehead atoms. The van der Waals surface area contributed by atoms with Gasteiger partial charge in [0.05, 0.1) is 5.69 Å². The number of hydrogen-bond donors (Lipinski definition) is 0. The predicted molar refractivity (Wildman–Crippen MR) is 211 cm³/mol. The van der Waals surface area contributed by atoms with E-state index in [1.54, 1.807) is 0 Å². The molecule has 0 saturated carbocycles. The SMILES string of the molecule is C1=Cc2ccccc2C(c2cccc3oc4c5ccccc5c(N(c5ccc(-c6ccccc6)cc5)c5ccc6ccccc6c5)cc4c23)C1. The van der Waals surface area contributed by atoms with Crippen molar-refractivity contribution in [1.82, 2.24) is 0 Å². The van der Waals surface area contributed by atoms with Crippen LogP contribution in [0.1, 0.15) is 29.0 Å². The van der Waals surface area contributed by atoms with E-state index >= 15 is 0 Å². The fourth-order valence-corrected chi connectivity index (χ4v) is 8.04. The minimum atomic E-state index is 0.248. The van der Waals surface area contributed by atoms with Gasteiger partial charge in [-0.15, -0.1) is 0 Å². The highest BCUT2D eigenvalue weighted by Crippen LogP contribution is 2.48. The molecule has 1 aromatic heterocycles. The standard InChI is InChI=1S/C48H33NO/c1-2-12-32(13-3-1)34-24-27-37(28-25-34)49(38-29-26-33-14-4-5-16-36(33)30-38)45-31-44-47-42(40-21-10-17-35-15-6-7-18-39(35)40)22-11-23-46(47)50-48(44)43-20-9-8-19-41(43)45/h1-20,22-31,40H,21H2. The normalized spacial score (nSPS) is 14.0. The Morgan fingerprint density at radius 3 is 2.08 bits per heavy atom. The van der Waals surface area contributed by atoms with E-state index in [-0.39, 0.29) is 5.92 Å². The molecule has 0 spiro atoms. The Morgan fingerprint density at radius 2 is 1.20 bits per heavy atom. The quantitative estimate of drug-likeness (QED) is 0.186. The van der Waals surface area contributed by atoms with E-state index in [4.69, 9.17) is 4.42 Å². The monoisotopic (exact) mass is 639 g/mol. The van der Waals surface area contributed by atoms with Gasteiger partial charge in [-0.1, -0.05) is 146 Å². The van der Waals surface area contributed by atoms with E-state index in [9.17, 15) is 0 Å². The second kappa shape index (κ2) is 11.6. The van der Waals surface area contributed by atoms with Crippen molar-refractivity contribution in [2.24, 2.45) is 0 Å². The van der Waals surface area contributed by atoms with Gasteiger partial charge in [-0.3, -0.25) is 0 Å². The molecule has 1 aliphatic carbocycles. The highest BCUT2D eigenvalue weighted by Gasteiger charge is 2.25. The van der Waals surface area contributed by atoms with Crippen molar-refractivity contribution in [3.05, 3.63) is 193 Å². The highest BCUT2D eigenvalue weighted by molar-refractivity contribution is 6.20. The van der Waals surface area contributed by atoms with Crippen LogP contribution in [0.4, 0.5) is 17.1 Å². The van der Waals surface area contributed by atoms with Crippen LogP contribution < -0.4 is 4.90 Å². The summed E-state index contributed by atoms with van der Waals surface area (Å²) in [5.74, 6) is 0.248. The first-order chi connectivity index (χ1) is 24.8. The Labute approximate surface area is 291 Å². The van der Waals surface area contributed by atoms with E-state index in [1.165, 1.54) is 44.0 Å².